The minimum atomic E-state index is 0.0364. The Balaban J connectivity index is 1.05. The number of rotatable bonds is 24. The molecule has 0 bridgehead atoms. The van der Waals surface area contributed by atoms with Crippen LogP contribution in [0.4, 0.5) is 0 Å². The molecule has 0 aliphatic heterocycles. The Morgan fingerprint density at radius 2 is 0.873 bits per heavy atom. The average Bonchev–Trinajstić information content (AvgIpc) is 3.43. The van der Waals surface area contributed by atoms with Crippen molar-refractivity contribution in [2.45, 2.75) is 109 Å². The summed E-state index contributed by atoms with van der Waals surface area (Å²) in [5.74, 6) is 1.86. The van der Waals surface area contributed by atoms with E-state index in [4.69, 9.17) is 9.47 Å². The van der Waals surface area contributed by atoms with Gasteiger partial charge in [0.05, 0.1) is 13.2 Å². The molecule has 1 aliphatic carbocycles. The predicted octanol–water partition coefficient (Wildman–Crippen LogP) is 14.3. The lowest BCUT2D eigenvalue weighted by atomic mass is 9.70. The Labute approximate surface area is 346 Å². The van der Waals surface area contributed by atoms with Gasteiger partial charge in [-0.2, -0.15) is 0 Å². The zero-order chi connectivity index (χ0) is 38.9. The first-order valence-electron chi connectivity index (χ1n) is 20.2. The number of hydrogen-bond acceptors (Lipinski definition) is 4. The van der Waals surface area contributed by atoms with Crippen molar-refractivity contribution in [1.29, 1.82) is 0 Å². The third-order valence-electron chi connectivity index (χ3n) is 10.6. The summed E-state index contributed by atoms with van der Waals surface area (Å²) in [7, 11) is 0. The second-order valence-electron chi connectivity index (χ2n) is 14.9. The molecule has 0 unspecified atom stereocenters. The zero-order valence-electron chi connectivity index (χ0n) is 32.6. The van der Waals surface area contributed by atoms with Gasteiger partial charge in [-0.3, -0.25) is 9.59 Å². The number of ether oxygens (including phenoxy) is 2. The van der Waals surface area contributed by atoms with Crippen molar-refractivity contribution < 1.29 is 19.1 Å². The van der Waals surface area contributed by atoms with Crippen LogP contribution in [0.2, 0.25) is 0 Å². The number of carbonyl (C=O) groups excluding carboxylic acids is 2. The first-order chi connectivity index (χ1) is 26.7. The van der Waals surface area contributed by atoms with Gasteiger partial charge in [-0.1, -0.05) is 145 Å². The molecule has 1 aliphatic rings. The molecule has 4 aromatic carbocycles. The van der Waals surface area contributed by atoms with Crippen LogP contribution in [0.5, 0.6) is 11.5 Å². The highest BCUT2D eigenvalue weighted by atomic mass is 79.9. The lowest BCUT2D eigenvalue weighted by Crippen LogP contribution is -2.25. The van der Waals surface area contributed by atoms with Gasteiger partial charge >= 0.3 is 0 Å². The normalized spacial score (nSPS) is 12.9. The van der Waals surface area contributed by atoms with Gasteiger partial charge in [-0.25, -0.2) is 0 Å². The lowest BCUT2D eigenvalue weighted by Gasteiger charge is -2.33. The van der Waals surface area contributed by atoms with Gasteiger partial charge in [0, 0.05) is 14.4 Å². The van der Waals surface area contributed by atoms with E-state index < -0.39 is 0 Å². The Kier molecular flexibility index (Phi) is 17.1. The molecule has 0 heterocycles. The number of benzene rings is 4. The molecular weight excluding hydrogens is 812 g/mol. The molecule has 0 saturated carbocycles. The summed E-state index contributed by atoms with van der Waals surface area (Å²) >= 11 is 7.64. The molecule has 0 spiro atoms. The molecule has 0 amide bonds. The van der Waals surface area contributed by atoms with E-state index in [1.54, 1.807) is 26.0 Å². The molecule has 290 valence electrons. The second-order valence-corrected chi connectivity index (χ2v) is 16.8. The highest BCUT2D eigenvalue weighted by Gasteiger charge is 2.42. The minimum Gasteiger partial charge on any atom is -0.494 e. The highest BCUT2D eigenvalue weighted by molar-refractivity contribution is 9.10. The van der Waals surface area contributed by atoms with Crippen LogP contribution in [-0.4, -0.2) is 24.8 Å². The molecule has 0 fully saturated rings. The van der Waals surface area contributed by atoms with Crippen LogP contribution in [0.1, 0.15) is 126 Å². The number of fused-ring (bicyclic) bond motifs is 3. The van der Waals surface area contributed by atoms with Crippen LogP contribution in [-0.2, 0) is 15.0 Å². The number of hydrogen-bond donors (Lipinski definition) is 0. The number of ketones is 2. The molecule has 0 saturated heterocycles. The number of halogens is 2. The van der Waals surface area contributed by atoms with Crippen molar-refractivity contribution in [3.05, 3.63) is 128 Å². The maximum Gasteiger partial charge on any atom is 0.152 e. The van der Waals surface area contributed by atoms with Crippen LogP contribution in [0.25, 0.3) is 23.3 Å². The van der Waals surface area contributed by atoms with Gasteiger partial charge < -0.3 is 9.47 Å². The van der Waals surface area contributed by atoms with Crippen molar-refractivity contribution in [3.63, 3.8) is 0 Å². The van der Waals surface area contributed by atoms with Crippen LogP contribution >= 0.6 is 31.9 Å². The summed E-state index contributed by atoms with van der Waals surface area (Å²) in [5, 5.41) is 0. The molecule has 55 heavy (non-hydrogen) atoms. The molecule has 0 atom stereocenters. The smallest absolute Gasteiger partial charge is 0.152 e. The van der Waals surface area contributed by atoms with E-state index in [1.807, 2.05) is 60.7 Å². The maximum atomic E-state index is 11.2. The number of allylic oxidation sites excluding steroid dienone is 2. The van der Waals surface area contributed by atoms with Gasteiger partial charge in [0.25, 0.3) is 0 Å². The third kappa shape index (κ3) is 13.2. The molecule has 0 aromatic heterocycles. The first kappa shape index (κ1) is 42.4. The highest BCUT2D eigenvalue weighted by Crippen LogP contribution is 2.55. The summed E-state index contributed by atoms with van der Waals surface area (Å²) < 4.78 is 14.3. The van der Waals surface area contributed by atoms with Crippen LogP contribution < -0.4 is 9.47 Å². The molecular formula is C49H56Br2O4. The monoisotopic (exact) mass is 866 g/mol. The van der Waals surface area contributed by atoms with Crippen LogP contribution in [0.15, 0.2) is 106 Å². The number of unbranched alkanes of at least 4 members (excludes halogenated alkanes) is 10. The average molecular weight is 869 g/mol. The van der Waals surface area contributed by atoms with E-state index in [0.29, 0.717) is 0 Å². The molecule has 5 rings (SSSR count). The lowest BCUT2D eigenvalue weighted by molar-refractivity contribution is -0.113. The van der Waals surface area contributed by atoms with E-state index in [9.17, 15) is 9.59 Å². The fraction of sp³-hybridized carbons (Fsp3) is 0.388. The third-order valence-corrected chi connectivity index (χ3v) is 11.6. The SMILES string of the molecule is CC(=O)C=Cc1ccc(OCCCCCCCCC2(CCCCCCCCOc3ccc(C=CC(C)=O)cc3)c3cc(Br)ccc3-c3ccc(Br)cc32)cc1. The van der Waals surface area contributed by atoms with Crippen LogP contribution in [0.3, 0.4) is 0 Å². The van der Waals surface area contributed by atoms with E-state index in [0.717, 1.165) is 57.6 Å². The summed E-state index contributed by atoms with van der Waals surface area (Å²) in [6, 6.07) is 29.7. The standard InChI is InChI=1S/C49H56Br2O4/c1-37(52)15-17-39-19-25-43(26-20-39)54-33-13-9-5-3-7-11-31-49(47-35-41(50)23-29-45(47)46-30-24-42(51)36-48(46)49)32-12-8-4-6-10-14-34-55-44-27-21-40(22-28-44)18-16-38(2)53/h15-30,35-36H,3-14,31-34H2,1-2H3. The van der Waals surface area contributed by atoms with Gasteiger partial charge in [0.1, 0.15) is 11.5 Å². The fourth-order valence-corrected chi connectivity index (χ4v) is 8.45. The Morgan fingerprint density at radius 1 is 0.509 bits per heavy atom. The summed E-state index contributed by atoms with van der Waals surface area (Å²) in [6.45, 7) is 4.58. The summed E-state index contributed by atoms with van der Waals surface area (Å²) in [4.78, 5) is 22.3. The predicted molar refractivity (Wildman–Crippen MR) is 236 cm³/mol. The Bertz CT molecular complexity index is 1750. The fourth-order valence-electron chi connectivity index (χ4n) is 7.73. The largest absolute Gasteiger partial charge is 0.494 e. The van der Waals surface area contributed by atoms with Gasteiger partial charge in [-0.15, -0.1) is 0 Å². The number of carbonyl (C=O) groups is 2. The second kappa shape index (κ2) is 22.1. The first-order valence-corrected chi connectivity index (χ1v) is 21.8. The van der Waals surface area contributed by atoms with Gasteiger partial charge in [0.2, 0.25) is 0 Å². The van der Waals surface area contributed by atoms with Crippen molar-refractivity contribution in [2.75, 3.05) is 13.2 Å². The zero-order valence-corrected chi connectivity index (χ0v) is 35.8. The van der Waals surface area contributed by atoms with Gasteiger partial charge in [-0.05, 0) is 134 Å². The van der Waals surface area contributed by atoms with E-state index in [1.165, 1.54) is 99.3 Å². The van der Waals surface area contributed by atoms with E-state index in [-0.39, 0.29) is 17.0 Å². The molecule has 0 radical (unpaired) electrons. The summed E-state index contributed by atoms with van der Waals surface area (Å²) in [5.41, 5.74) is 7.83. The minimum absolute atomic E-state index is 0.0364. The van der Waals surface area contributed by atoms with Crippen molar-refractivity contribution >= 4 is 55.6 Å². The molecule has 6 heteroatoms. The van der Waals surface area contributed by atoms with E-state index in [2.05, 4.69) is 68.3 Å². The van der Waals surface area contributed by atoms with Crippen LogP contribution in [0, 0.1) is 0 Å². The maximum absolute atomic E-state index is 11.2. The Morgan fingerprint density at radius 3 is 1.25 bits per heavy atom. The quantitative estimate of drug-likeness (QED) is 0.0520. The van der Waals surface area contributed by atoms with E-state index >= 15 is 0 Å². The molecule has 4 aromatic rings. The topological polar surface area (TPSA) is 52.6 Å². The Hall–Kier alpha value is -3.74. The molecule has 4 nitrogen and oxygen atoms in total. The summed E-state index contributed by atoms with van der Waals surface area (Å²) in [6.07, 6.45) is 23.5. The van der Waals surface area contributed by atoms with Gasteiger partial charge in [0.15, 0.2) is 11.6 Å². The van der Waals surface area contributed by atoms with Crippen molar-refractivity contribution in [3.8, 4) is 22.6 Å². The van der Waals surface area contributed by atoms with Crippen molar-refractivity contribution in [2.24, 2.45) is 0 Å². The molecule has 0 N–H and O–H groups in total. The van der Waals surface area contributed by atoms with Crippen molar-refractivity contribution in [1.82, 2.24) is 0 Å².